The third-order valence-electron chi connectivity index (χ3n) is 7.52. The molecule has 0 spiro atoms. The fourth-order valence-electron chi connectivity index (χ4n) is 4.78. The van der Waals surface area contributed by atoms with Gasteiger partial charge in [0.1, 0.15) is 12.6 Å². The standard InChI is InChI=1S/C35H37Br2N3O4S/c1-4-26(3)38-35(42)33(21-27-9-6-5-7-10-27)39(23-28-15-17-29(36)18-16-28)34(41)24-40(31-12-8-11-30(37)22-31)45(43,44)32-19-13-25(2)14-20-32/h5-20,22,26,33H,4,21,23-24H2,1-3H3,(H,38,42)/t26-,33-/m1/s1. The zero-order valence-corrected chi connectivity index (χ0v) is 29.5. The molecule has 0 aliphatic heterocycles. The minimum Gasteiger partial charge on any atom is -0.352 e. The summed E-state index contributed by atoms with van der Waals surface area (Å²) in [5, 5.41) is 3.06. The van der Waals surface area contributed by atoms with E-state index in [1.165, 1.54) is 17.0 Å². The number of anilines is 1. The van der Waals surface area contributed by atoms with Crippen LogP contribution in [0.3, 0.4) is 0 Å². The quantitative estimate of drug-likeness (QED) is 0.156. The maximum absolute atomic E-state index is 14.5. The molecule has 0 fully saturated rings. The van der Waals surface area contributed by atoms with E-state index in [0.29, 0.717) is 10.2 Å². The van der Waals surface area contributed by atoms with Crippen molar-refractivity contribution in [2.75, 3.05) is 10.8 Å². The van der Waals surface area contributed by atoms with Crippen molar-refractivity contribution >= 4 is 59.4 Å². The van der Waals surface area contributed by atoms with Gasteiger partial charge in [0.15, 0.2) is 0 Å². The molecule has 2 amide bonds. The third kappa shape index (κ3) is 9.28. The number of nitrogens with one attached hydrogen (secondary N) is 1. The molecule has 0 saturated heterocycles. The van der Waals surface area contributed by atoms with Crippen LogP contribution in [-0.2, 0) is 32.6 Å². The number of amides is 2. The summed E-state index contributed by atoms with van der Waals surface area (Å²) >= 11 is 6.91. The first kappa shape index (κ1) is 34.4. The Morgan fingerprint density at radius 3 is 2.11 bits per heavy atom. The van der Waals surface area contributed by atoms with Gasteiger partial charge in [-0.3, -0.25) is 13.9 Å². The molecule has 0 aromatic heterocycles. The predicted octanol–water partition coefficient (Wildman–Crippen LogP) is 7.27. The molecule has 4 aromatic carbocycles. The highest BCUT2D eigenvalue weighted by Gasteiger charge is 2.35. The predicted molar refractivity (Wildman–Crippen MR) is 186 cm³/mol. The van der Waals surface area contributed by atoms with E-state index in [4.69, 9.17) is 0 Å². The second kappa shape index (κ2) is 15.7. The Kier molecular flexibility index (Phi) is 12.0. The summed E-state index contributed by atoms with van der Waals surface area (Å²) in [7, 11) is -4.16. The fraction of sp³-hybridized carbons (Fsp3) is 0.257. The van der Waals surface area contributed by atoms with Crippen molar-refractivity contribution in [2.24, 2.45) is 0 Å². The normalized spacial score (nSPS) is 12.6. The largest absolute Gasteiger partial charge is 0.352 e. The van der Waals surface area contributed by atoms with Crippen molar-refractivity contribution in [2.45, 2.75) is 57.1 Å². The zero-order valence-electron chi connectivity index (χ0n) is 25.5. The Hall–Kier alpha value is -3.47. The van der Waals surface area contributed by atoms with Gasteiger partial charge in [-0.25, -0.2) is 8.42 Å². The van der Waals surface area contributed by atoms with Gasteiger partial charge in [-0.2, -0.15) is 0 Å². The summed E-state index contributed by atoms with van der Waals surface area (Å²) in [6, 6.07) is 29.4. The average molecular weight is 756 g/mol. The number of aryl methyl sites for hydroxylation is 1. The maximum atomic E-state index is 14.5. The second-order valence-corrected chi connectivity index (χ2v) is 14.7. The summed E-state index contributed by atoms with van der Waals surface area (Å²) in [6.07, 6.45) is 0.975. The lowest BCUT2D eigenvalue weighted by Gasteiger charge is -2.34. The van der Waals surface area contributed by atoms with Gasteiger partial charge >= 0.3 is 0 Å². The number of sulfonamides is 1. The minimum absolute atomic E-state index is 0.0654. The number of carbonyl (C=O) groups excluding carboxylic acids is 2. The van der Waals surface area contributed by atoms with E-state index >= 15 is 0 Å². The van der Waals surface area contributed by atoms with Gasteiger partial charge in [0.05, 0.1) is 10.6 Å². The third-order valence-corrected chi connectivity index (χ3v) is 10.3. The van der Waals surface area contributed by atoms with E-state index in [2.05, 4.69) is 37.2 Å². The first-order valence-corrected chi connectivity index (χ1v) is 17.7. The zero-order chi connectivity index (χ0) is 32.6. The van der Waals surface area contributed by atoms with E-state index in [1.54, 1.807) is 36.4 Å². The van der Waals surface area contributed by atoms with E-state index in [0.717, 1.165) is 31.9 Å². The number of hydrogen-bond acceptors (Lipinski definition) is 4. The molecular weight excluding hydrogens is 718 g/mol. The van der Waals surface area contributed by atoms with Crippen LogP contribution in [0.2, 0.25) is 0 Å². The topological polar surface area (TPSA) is 86.8 Å². The van der Waals surface area contributed by atoms with Crippen molar-refractivity contribution in [3.8, 4) is 0 Å². The molecule has 45 heavy (non-hydrogen) atoms. The number of benzene rings is 4. The van der Waals surface area contributed by atoms with Gasteiger partial charge < -0.3 is 10.2 Å². The van der Waals surface area contributed by atoms with Crippen LogP contribution in [0, 0.1) is 6.92 Å². The van der Waals surface area contributed by atoms with Crippen molar-refractivity contribution in [3.05, 3.63) is 129 Å². The van der Waals surface area contributed by atoms with Crippen molar-refractivity contribution in [1.82, 2.24) is 10.2 Å². The molecule has 0 unspecified atom stereocenters. The van der Waals surface area contributed by atoms with Crippen LogP contribution in [0.1, 0.15) is 37.0 Å². The second-order valence-electron chi connectivity index (χ2n) is 11.0. The molecule has 0 saturated carbocycles. The number of halogens is 2. The lowest BCUT2D eigenvalue weighted by molar-refractivity contribution is -0.140. The van der Waals surface area contributed by atoms with Gasteiger partial charge in [-0.1, -0.05) is 105 Å². The molecular formula is C35H37Br2N3O4S. The Balaban J connectivity index is 1.80. The highest BCUT2D eigenvalue weighted by molar-refractivity contribution is 9.10. The molecule has 4 rings (SSSR count). The molecule has 0 aliphatic carbocycles. The number of nitrogens with zero attached hydrogens (tertiary/aromatic N) is 2. The highest BCUT2D eigenvalue weighted by Crippen LogP contribution is 2.28. The summed E-state index contributed by atoms with van der Waals surface area (Å²) in [5.41, 5.74) is 2.92. The Bertz CT molecular complexity index is 1700. The Labute approximate surface area is 283 Å². The minimum atomic E-state index is -4.16. The summed E-state index contributed by atoms with van der Waals surface area (Å²) < 4.78 is 30.9. The monoisotopic (exact) mass is 753 g/mol. The van der Waals surface area contributed by atoms with Crippen LogP contribution in [0.4, 0.5) is 5.69 Å². The number of carbonyl (C=O) groups is 2. The molecule has 2 atom stereocenters. The molecule has 10 heteroatoms. The molecule has 236 valence electrons. The van der Waals surface area contributed by atoms with Gasteiger partial charge in [0, 0.05) is 28.0 Å². The van der Waals surface area contributed by atoms with E-state index in [9.17, 15) is 18.0 Å². The molecule has 0 heterocycles. The number of rotatable bonds is 13. The Morgan fingerprint density at radius 1 is 0.822 bits per heavy atom. The average Bonchev–Trinajstić information content (AvgIpc) is 3.02. The molecule has 4 aromatic rings. The Morgan fingerprint density at radius 2 is 1.49 bits per heavy atom. The smallest absolute Gasteiger partial charge is 0.264 e. The van der Waals surface area contributed by atoms with E-state index in [-0.39, 0.29) is 29.8 Å². The van der Waals surface area contributed by atoms with Gasteiger partial charge in [-0.15, -0.1) is 0 Å². The molecule has 0 aliphatic rings. The van der Waals surface area contributed by atoms with Crippen LogP contribution in [-0.4, -0.2) is 43.8 Å². The molecule has 7 nitrogen and oxygen atoms in total. The van der Waals surface area contributed by atoms with Crippen LogP contribution >= 0.6 is 31.9 Å². The van der Waals surface area contributed by atoms with Crippen LogP contribution in [0.25, 0.3) is 0 Å². The van der Waals surface area contributed by atoms with Crippen molar-refractivity contribution < 1.29 is 18.0 Å². The van der Waals surface area contributed by atoms with E-state index < -0.39 is 28.5 Å². The molecule has 0 radical (unpaired) electrons. The van der Waals surface area contributed by atoms with Gasteiger partial charge in [0.25, 0.3) is 10.0 Å². The van der Waals surface area contributed by atoms with E-state index in [1.807, 2.05) is 75.4 Å². The van der Waals surface area contributed by atoms with Gasteiger partial charge in [0.2, 0.25) is 11.8 Å². The van der Waals surface area contributed by atoms with Crippen LogP contribution in [0.15, 0.2) is 117 Å². The number of hydrogen-bond donors (Lipinski definition) is 1. The summed E-state index contributed by atoms with van der Waals surface area (Å²) in [6.45, 7) is 5.37. The maximum Gasteiger partial charge on any atom is 0.264 e. The highest BCUT2D eigenvalue weighted by atomic mass is 79.9. The van der Waals surface area contributed by atoms with Gasteiger partial charge in [-0.05, 0) is 73.9 Å². The first-order chi connectivity index (χ1) is 21.5. The lowest BCUT2D eigenvalue weighted by atomic mass is 10.0. The SMILES string of the molecule is CC[C@@H](C)NC(=O)[C@@H](Cc1ccccc1)N(Cc1ccc(Br)cc1)C(=O)CN(c1cccc(Br)c1)S(=O)(=O)c1ccc(C)cc1. The molecule has 1 N–H and O–H groups in total. The van der Waals surface area contributed by atoms with Crippen LogP contribution < -0.4 is 9.62 Å². The van der Waals surface area contributed by atoms with Crippen molar-refractivity contribution in [1.29, 1.82) is 0 Å². The van der Waals surface area contributed by atoms with Crippen LogP contribution in [0.5, 0.6) is 0 Å². The first-order valence-electron chi connectivity index (χ1n) is 14.7. The fourth-order valence-corrected chi connectivity index (χ4v) is 6.84. The van der Waals surface area contributed by atoms with Crippen molar-refractivity contribution in [3.63, 3.8) is 0 Å². The lowest BCUT2D eigenvalue weighted by Crippen LogP contribution is -2.54. The summed E-state index contributed by atoms with van der Waals surface area (Å²) in [4.78, 5) is 30.0. The molecule has 0 bridgehead atoms. The summed E-state index contributed by atoms with van der Waals surface area (Å²) in [5.74, 6) is -0.803.